The van der Waals surface area contributed by atoms with Gasteiger partial charge in [0, 0.05) is 13.1 Å². The lowest BCUT2D eigenvalue weighted by molar-refractivity contribution is -0.113. The Morgan fingerprint density at radius 2 is 1.69 bits per heavy atom. The molecule has 26 heavy (non-hydrogen) atoms. The molecule has 2 aliphatic heterocycles. The van der Waals surface area contributed by atoms with Crippen LogP contribution < -0.4 is 4.90 Å². The van der Waals surface area contributed by atoms with Crippen molar-refractivity contribution in [1.29, 1.82) is 0 Å². The Kier molecular flexibility index (Phi) is 4.54. The molecule has 2 heterocycles. The molecule has 2 aliphatic rings. The van der Waals surface area contributed by atoms with E-state index in [0.717, 1.165) is 29.9 Å². The Morgan fingerprint density at radius 1 is 1.00 bits per heavy atom. The second-order valence-electron chi connectivity index (χ2n) is 6.43. The Balaban J connectivity index is 1.73. The fraction of sp³-hybridized carbons (Fsp3) is 0.238. The Bertz CT molecular complexity index is 851. The number of carbonyl (C=O) groups is 1. The highest BCUT2D eigenvalue weighted by Crippen LogP contribution is 2.27. The number of aliphatic imine (C=N–C) groups is 1. The third kappa shape index (κ3) is 3.26. The van der Waals surface area contributed by atoms with Crippen molar-refractivity contribution in [2.45, 2.75) is 6.92 Å². The molecule has 0 saturated carbocycles. The highest BCUT2D eigenvalue weighted by atomic mass is 16.5. The maximum atomic E-state index is 13.1. The third-order valence-corrected chi connectivity index (χ3v) is 4.53. The minimum absolute atomic E-state index is 0.0980. The van der Waals surface area contributed by atoms with Gasteiger partial charge in [-0.25, -0.2) is 9.89 Å². The quantitative estimate of drug-likeness (QED) is 0.785. The summed E-state index contributed by atoms with van der Waals surface area (Å²) in [5, 5.41) is 0. The number of benzene rings is 2. The molecular formula is C21H21N3O2. The van der Waals surface area contributed by atoms with Gasteiger partial charge in [0.2, 0.25) is 5.96 Å². The molecule has 0 spiro atoms. The van der Waals surface area contributed by atoms with E-state index in [0.29, 0.717) is 24.9 Å². The van der Waals surface area contributed by atoms with Crippen molar-refractivity contribution >= 4 is 23.6 Å². The lowest BCUT2D eigenvalue weighted by Gasteiger charge is -2.32. The standard InChI is InChI=1S/C21H21N3O2/c1-16-7-9-18(10-8-16)24-20(25)19(15-17-5-3-2-4-6-17)22-21(24)23-11-13-26-14-12-23/h2-10,15H,11-14H2,1H3/b19-15-. The van der Waals surface area contributed by atoms with Crippen molar-refractivity contribution in [1.82, 2.24) is 4.90 Å². The summed E-state index contributed by atoms with van der Waals surface area (Å²) in [5.74, 6) is 0.587. The lowest BCUT2D eigenvalue weighted by Crippen LogP contribution is -2.48. The van der Waals surface area contributed by atoms with Crippen molar-refractivity contribution in [3.8, 4) is 0 Å². The Labute approximate surface area is 153 Å². The van der Waals surface area contributed by atoms with E-state index in [4.69, 9.17) is 9.73 Å². The van der Waals surface area contributed by atoms with Crippen molar-refractivity contribution in [2.24, 2.45) is 4.99 Å². The van der Waals surface area contributed by atoms with Gasteiger partial charge in [-0.3, -0.25) is 4.79 Å². The largest absolute Gasteiger partial charge is 0.378 e. The smallest absolute Gasteiger partial charge is 0.283 e. The first-order valence-corrected chi connectivity index (χ1v) is 8.81. The third-order valence-electron chi connectivity index (χ3n) is 4.53. The van der Waals surface area contributed by atoms with Crippen LogP contribution in [-0.2, 0) is 9.53 Å². The van der Waals surface area contributed by atoms with Crippen LogP contribution in [0.3, 0.4) is 0 Å². The number of anilines is 1. The van der Waals surface area contributed by atoms with Crippen LogP contribution in [0.2, 0.25) is 0 Å². The first-order valence-electron chi connectivity index (χ1n) is 8.81. The fourth-order valence-corrected chi connectivity index (χ4v) is 3.11. The van der Waals surface area contributed by atoms with Crippen LogP contribution in [0.1, 0.15) is 11.1 Å². The summed E-state index contributed by atoms with van der Waals surface area (Å²) in [4.78, 5) is 21.7. The summed E-state index contributed by atoms with van der Waals surface area (Å²) in [6.45, 7) is 4.78. The number of amides is 1. The van der Waals surface area contributed by atoms with Crippen molar-refractivity contribution < 1.29 is 9.53 Å². The van der Waals surface area contributed by atoms with E-state index < -0.39 is 0 Å². The molecule has 0 N–H and O–H groups in total. The predicted molar refractivity (Wildman–Crippen MR) is 103 cm³/mol. The summed E-state index contributed by atoms with van der Waals surface area (Å²) in [6.07, 6.45) is 1.84. The van der Waals surface area contributed by atoms with Crippen molar-refractivity contribution in [3.05, 3.63) is 71.4 Å². The molecular weight excluding hydrogens is 326 g/mol. The zero-order chi connectivity index (χ0) is 17.9. The van der Waals surface area contributed by atoms with Gasteiger partial charge in [0.1, 0.15) is 5.70 Å². The molecule has 132 valence electrons. The van der Waals surface area contributed by atoms with Gasteiger partial charge in [-0.05, 0) is 30.7 Å². The monoisotopic (exact) mass is 347 g/mol. The number of hydrogen-bond acceptors (Lipinski definition) is 4. The summed E-state index contributed by atoms with van der Waals surface area (Å²) < 4.78 is 5.45. The predicted octanol–water partition coefficient (Wildman–Crippen LogP) is 3.07. The Hall–Kier alpha value is -2.92. The van der Waals surface area contributed by atoms with E-state index in [1.807, 2.05) is 67.6 Å². The van der Waals surface area contributed by atoms with E-state index in [1.165, 1.54) is 0 Å². The average molecular weight is 347 g/mol. The molecule has 0 bridgehead atoms. The normalized spacial score (nSPS) is 19.2. The maximum Gasteiger partial charge on any atom is 0.283 e. The van der Waals surface area contributed by atoms with Crippen molar-refractivity contribution in [3.63, 3.8) is 0 Å². The first kappa shape index (κ1) is 16.5. The molecule has 1 saturated heterocycles. The fourth-order valence-electron chi connectivity index (χ4n) is 3.11. The van der Waals surface area contributed by atoms with Crippen LogP contribution >= 0.6 is 0 Å². The van der Waals surface area contributed by atoms with Crippen LogP contribution in [-0.4, -0.2) is 43.1 Å². The molecule has 5 nitrogen and oxygen atoms in total. The van der Waals surface area contributed by atoms with Gasteiger partial charge in [-0.15, -0.1) is 0 Å². The topological polar surface area (TPSA) is 45.1 Å². The molecule has 0 unspecified atom stereocenters. The van der Waals surface area contributed by atoms with Gasteiger partial charge in [0.25, 0.3) is 5.91 Å². The second-order valence-corrected chi connectivity index (χ2v) is 6.43. The summed E-state index contributed by atoms with van der Waals surface area (Å²) >= 11 is 0. The van der Waals surface area contributed by atoms with E-state index in [1.54, 1.807) is 4.90 Å². The van der Waals surface area contributed by atoms with Gasteiger partial charge in [-0.2, -0.15) is 0 Å². The number of ether oxygens (including phenoxy) is 1. The molecule has 4 rings (SSSR count). The number of nitrogens with zero attached hydrogens (tertiary/aromatic N) is 3. The van der Waals surface area contributed by atoms with Gasteiger partial charge in [0.15, 0.2) is 0 Å². The SMILES string of the molecule is Cc1ccc(N2C(=O)/C(=C/c3ccccc3)N=C2N2CCOCC2)cc1. The number of rotatable bonds is 2. The number of guanidine groups is 1. The first-order chi connectivity index (χ1) is 12.7. The number of morpholine rings is 1. The summed E-state index contributed by atoms with van der Waals surface area (Å²) in [7, 11) is 0. The molecule has 0 aromatic heterocycles. The minimum atomic E-state index is -0.0980. The van der Waals surface area contributed by atoms with Gasteiger partial charge in [-0.1, -0.05) is 48.0 Å². The molecule has 1 fully saturated rings. The summed E-state index contributed by atoms with van der Waals surface area (Å²) in [6, 6.07) is 17.8. The molecule has 1 amide bonds. The van der Waals surface area contributed by atoms with E-state index in [-0.39, 0.29) is 5.91 Å². The van der Waals surface area contributed by atoms with Crippen molar-refractivity contribution in [2.75, 3.05) is 31.2 Å². The number of aryl methyl sites for hydroxylation is 1. The number of hydrogen-bond donors (Lipinski definition) is 0. The van der Waals surface area contributed by atoms with Crippen LogP contribution in [0.15, 0.2) is 65.3 Å². The lowest BCUT2D eigenvalue weighted by atomic mass is 10.2. The van der Waals surface area contributed by atoms with E-state index in [9.17, 15) is 4.79 Å². The van der Waals surface area contributed by atoms with Crippen LogP contribution in [0, 0.1) is 6.92 Å². The van der Waals surface area contributed by atoms with Crippen LogP contribution in [0.5, 0.6) is 0 Å². The molecule has 0 aliphatic carbocycles. The highest BCUT2D eigenvalue weighted by molar-refractivity contribution is 6.28. The maximum absolute atomic E-state index is 13.1. The van der Waals surface area contributed by atoms with Crippen LogP contribution in [0.4, 0.5) is 5.69 Å². The molecule has 2 aromatic carbocycles. The second kappa shape index (κ2) is 7.14. The highest BCUT2D eigenvalue weighted by Gasteiger charge is 2.35. The zero-order valence-electron chi connectivity index (χ0n) is 14.8. The van der Waals surface area contributed by atoms with E-state index >= 15 is 0 Å². The van der Waals surface area contributed by atoms with Crippen LogP contribution in [0.25, 0.3) is 6.08 Å². The Morgan fingerprint density at radius 3 is 2.38 bits per heavy atom. The minimum Gasteiger partial charge on any atom is -0.378 e. The van der Waals surface area contributed by atoms with Gasteiger partial charge < -0.3 is 9.64 Å². The zero-order valence-corrected chi connectivity index (χ0v) is 14.8. The molecule has 5 heteroatoms. The average Bonchev–Trinajstić information content (AvgIpc) is 3.00. The van der Waals surface area contributed by atoms with Gasteiger partial charge >= 0.3 is 0 Å². The van der Waals surface area contributed by atoms with E-state index in [2.05, 4.69) is 4.90 Å². The molecule has 2 aromatic rings. The number of carbonyl (C=O) groups excluding carboxylic acids is 1. The molecule has 0 radical (unpaired) electrons. The molecule has 0 atom stereocenters. The summed E-state index contributed by atoms with van der Waals surface area (Å²) in [5.41, 5.74) is 3.41. The van der Waals surface area contributed by atoms with Gasteiger partial charge in [0.05, 0.1) is 18.9 Å².